The fourth-order valence-electron chi connectivity index (χ4n) is 4.20. The van der Waals surface area contributed by atoms with E-state index in [2.05, 4.69) is 35.4 Å². The zero-order valence-electron chi connectivity index (χ0n) is 17.1. The van der Waals surface area contributed by atoms with E-state index in [0.717, 1.165) is 25.9 Å². The van der Waals surface area contributed by atoms with Crippen molar-refractivity contribution in [2.75, 3.05) is 26.3 Å². The molecule has 0 radical (unpaired) electrons. The quantitative estimate of drug-likeness (QED) is 0.643. The van der Waals surface area contributed by atoms with Gasteiger partial charge < -0.3 is 19.4 Å². The smallest absolute Gasteiger partial charge is 0.254 e. The molecule has 1 fully saturated rings. The molecule has 1 saturated heterocycles. The van der Waals surface area contributed by atoms with Crippen LogP contribution in [0.5, 0.6) is 11.5 Å². The Hall–Kier alpha value is -2.95. The van der Waals surface area contributed by atoms with E-state index in [4.69, 9.17) is 9.47 Å². The van der Waals surface area contributed by atoms with Crippen LogP contribution in [0, 0.1) is 0 Å². The number of nitrogens with zero attached hydrogens (tertiary/aromatic N) is 1. The van der Waals surface area contributed by atoms with E-state index in [1.54, 1.807) is 0 Å². The van der Waals surface area contributed by atoms with Crippen molar-refractivity contribution in [1.82, 2.24) is 9.88 Å². The van der Waals surface area contributed by atoms with E-state index in [-0.39, 0.29) is 5.91 Å². The van der Waals surface area contributed by atoms with Crippen LogP contribution in [0.1, 0.15) is 48.5 Å². The van der Waals surface area contributed by atoms with Gasteiger partial charge in [-0.1, -0.05) is 18.2 Å². The minimum absolute atomic E-state index is 0.0462. The van der Waals surface area contributed by atoms with Gasteiger partial charge in [0.2, 0.25) is 0 Å². The summed E-state index contributed by atoms with van der Waals surface area (Å²) >= 11 is 0. The number of para-hydroxylation sites is 1. The first kappa shape index (κ1) is 19.4. The first-order valence-electron chi connectivity index (χ1n) is 10.5. The number of carbonyl (C=O) groups excluding carboxylic acids is 1. The van der Waals surface area contributed by atoms with Gasteiger partial charge in [0.15, 0.2) is 0 Å². The minimum Gasteiger partial charge on any atom is -0.494 e. The Morgan fingerprint density at radius 3 is 2.34 bits per heavy atom. The summed E-state index contributed by atoms with van der Waals surface area (Å²) in [7, 11) is 0. The molecule has 152 valence electrons. The molecule has 1 aliphatic heterocycles. The van der Waals surface area contributed by atoms with Crippen LogP contribution in [0.15, 0.2) is 48.7 Å². The van der Waals surface area contributed by atoms with Crippen molar-refractivity contribution in [2.24, 2.45) is 0 Å². The molecular formula is C24H28N2O3. The second-order valence-electron chi connectivity index (χ2n) is 7.42. The fraction of sp³-hybridized carbons (Fsp3) is 0.375. The number of aromatic amines is 1. The highest BCUT2D eigenvalue weighted by atomic mass is 16.5. The maximum absolute atomic E-state index is 13.1. The van der Waals surface area contributed by atoms with Gasteiger partial charge in [-0.15, -0.1) is 0 Å². The summed E-state index contributed by atoms with van der Waals surface area (Å²) in [6.07, 6.45) is 4.07. The number of amides is 1. The lowest BCUT2D eigenvalue weighted by Crippen LogP contribution is -2.37. The van der Waals surface area contributed by atoms with Gasteiger partial charge in [0.25, 0.3) is 5.91 Å². The van der Waals surface area contributed by atoms with Gasteiger partial charge in [-0.25, -0.2) is 0 Å². The largest absolute Gasteiger partial charge is 0.494 e. The molecule has 1 aliphatic rings. The number of hydrogen-bond acceptors (Lipinski definition) is 3. The van der Waals surface area contributed by atoms with Gasteiger partial charge in [-0.3, -0.25) is 4.79 Å². The molecule has 29 heavy (non-hydrogen) atoms. The Morgan fingerprint density at radius 2 is 1.69 bits per heavy atom. The van der Waals surface area contributed by atoms with Crippen LogP contribution >= 0.6 is 0 Å². The molecule has 0 aliphatic carbocycles. The van der Waals surface area contributed by atoms with Crippen molar-refractivity contribution in [3.05, 3.63) is 59.8 Å². The van der Waals surface area contributed by atoms with E-state index in [9.17, 15) is 4.79 Å². The van der Waals surface area contributed by atoms with Gasteiger partial charge in [-0.2, -0.15) is 0 Å². The van der Waals surface area contributed by atoms with E-state index < -0.39 is 0 Å². The summed E-state index contributed by atoms with van der Waals surface area (Å²) in [5.74, 6) is 1.87. The molecule has 2 heterocycles. The van der Waals surface area contributed by atoms with Crippen LogP contribution < -0.4 is 9.47 Å². The fourth-order valence-corrected chi connectivity index (χ4v) is 4.20. The van der Waals surface area contributed by atoms with E-state index in [0.29, 0.717) is 36.2 Å². The molecule has 0 unspecified atom stereocenters. The number of H-pyrrole nitrogens is 1. The number of fused-ring (bicyclic) bond motifs is 1. The lowest BCUT2D eigenvalue weighted by molar-refractivity contribution is 0.0712. The monoisotopic (exact) mass is 392 g/mol. The third-order valence-electron chi connectivity index (χ3n) is 5.59. The SMILES string of the molecule is CCOc1cc(OCC)cc(C(=O)N2CCC(c3c[nH]c4ccccc34)CC2)c1. The van der Waals surface area contributed by atoms with Crippen LogP contribution in [0.4, 0.5) is 0 Å². The van der Waals surface area contributed by atoms with Crippen molar-refractivity contribution in [3.63, 3.8) is 0 Å². The Morgan fingerprint density at radius 1 is 1.03 bits per heavy atom. The molecular weight excluding hydrogens is 364 g/mol. The Balaban J connectivity index is 1.47. The van der Waals surface area contributed by atoms with E-state index in [1.165, 1.54) is 16.5 Å². The van der Waals surface area contributed by atoms with Gasteiger partial charge in [0, 0.05) is 41.8 Å². The van der Waals surface area contributed by atoms with E-state index >= 15 is 0 Å². The molecule has 0 saturated carbocycles. The van der Waals surface area contributed by atoms with Crippen molar-refractivity contribution < 1.29 is 14.3 Å². The zero-order valence-corrected chi connectivity index (χ0v) is 17.1. The van der Waals surface area contributed by atoms with Crippen molar-refractivity contribution >= 4 is 16.8 Å². The molecule has 3 aromatic rings. The molecule has 4 rings (SSSR count). The van der Waals surface area contributed by atoms with Crippen LogP contribution in [0.2, 0.25) is 0 Å². The number of ether oxygens (including phenoxy) is 2. The zero-order chi connectivity index (χ0) is 20.2. The third-order valence-corrected chi connectivity index (χ3v) is 5.59. The first-order valence-corrected chi connectivity index (χ1v) is 10.5. The molecule has 0 atom stereocenters. The molecule has 2 aromatic carbocycles. The maximum Gasteiger partial charge on any atom is 0.254 e. The lowest BCUT2D eigenvalue weighted by Gasteiger charge is -2.32. The van der Waals surface area contributed by atoms with Gasteiger partial charge in [0.05, 0.1) is 13.2 Å². The van der Waals surface area contributed by atoms with Crippen LogP contribution in [0.25, 0.3) is 10.9 Å². The Kier molecular flexibility index (Phi) is 5.74. The summed E-state index contributed by atoms with van der Waals surface area (Å²) < 4.78 is 11.2. The van der Waals surface area contributed by atoms with E-state index in [1.807, 2.05) is 36.9 Å². The molecule has 0 bridgehead atoms. The van der Waals surface area contributed by atoms with Crippen LogP contribution in [-0.2, 0) is 0 Å². The summed E-state index contributed by atoms with van der Waals surface area (Å²) in [5.41, 5.74) is 3.17. The third kappa shape index (κ3) is 4.09. The number of carbonyl (C=O) groups is 1. The molecule has 5 nitrogen and oxygen atoms in total. The summed E-state index contributed by atoms with van der Waals surface area (Å²) in [4.78, 5) is 18.5. The highest BCUT2D eigenvalue weighted by Gasteiger charge is 2.26. The lowest BCUT2D eigenvalue weighted by atomic mass is 9.89. The standard InChI is InChI=1S/C24H28N2O3/c1-3-28-19-13-18(14-20(15-19)29-4-2)24(27)26-11-9-17(10-12-26)22-16-25-23-8-6-5-7-21(22)23/h5-8,13-17,25H,3-4,9-12H2,1-2H3. The van der Waals surface area contributed by atoms with Gasteiger partial charge in [0.1, 0.15) is 11.5 Å². The molecule has 1 N–H and O–H groups in total. The number of piperidine rings is 1. The molecule has 5 heteroatoms. The average molecular weight is 392 g/mol. The highest BCUT2D eigenvalue weighted by molar-refractivity contribution is 5.95. The average Bonchev–Trinajstić information content (AvgIpc) is 3.18. The topological polar surface area (TPSA) is 54.6 Å². The summed E-state index contributed by atoms with van der Waals surface area (Å²) in [6.45, 7) is 6.49. The predicted octanol–water partition coefficient (Wildman–Crippen LogP) is 4.99. The van der Waals surface area contributed by atoms with Crippen molar-refractivity contribution in [2.45, 2.75) is 32.6 Å². The highest BCUT2D eigenvalue weighted by Crippen LogP contribution is 2.34. The summed E-state index contributed by atoms with van der Waals surface area (Å²) in [5, 5.41) is 1.29. The molecule has 0 spiro atoms. The number of benzene rings is 2. The predicted molar refractivity (Wildman–Crippen MR) is 115 cm³/mol. The van der Waals surface area contributed by atoms with Crippen molar-refractivity contribution in [3.8, 4) is 11.5 Å². The first-order chi connectivity index (χ1) is 14.2. The Bertz CT molecular complexity index is 962. The van der Waals surface area contributed by atoms with Gasteiger partial charge >= 0.3 is 0 Å². The Labute approximate surface area is 171 Å². The van der Waals surface area contributed by atoms with Crippen LogP contribution in [-0.4, -0.2) is 42.1 Å². The number of hydrogen-bond donors (Lipinski definition) is 1. The normalized spacial score (nSPS) is 14.9. The number of nitrogens with one attached hydrogen (secondary N) is 1. The molecule has 1 amide bonds. The number of aromatic nitrogens is 1. The summed E-state index contributed by atoms with van der Waals surface area (Å²) in [6, 6.07) is 13.9. The van der Waals surface area contributed by atoms with Crippen molar-refractivity contribution in [1.29, 1.82) is 0 Å². The number of rotatable bonds is 6. The second kappa shape index (κ2) is 8.60. The minimum atomic E-state index is 0.0462. The number of likely N-dealkylation sites (tertiary alicyclic amines) is 1. The maximum atomic E-state index is 13.1. The van der Waals surface area contributed by atoms with Gasteiger partial charge in [-0.05, 0) is 56.4 Å². The van der Waals surface area contributed by atoms with Crippen LogP contribution in [0.3, 0.4) is 0 Å². The second-order valence-corrected chi connectivity index (χ2v) is 7.42. The molecule has 1 aromatic heterocycles.